The zero-order valence-electron chi connectivity index (χ0n) is 28.6. The van der Waals surface area contributed by atoms with Crippen LogP contribution >= 0.6 is 0 Å². The number of aromatic nitrogens is 1. The van der Waals surface area contributed by atoms with Gasteiger partial charge in [0.1, 0.15) is 5.76 Å². The van der Waals surface area contributed by atoms with Crippen molar-refractivity contribution in [1.29, 1.82) is 0 Å². The Labute approximate surface area is 297 Å². The molecule has 5 rings (SSSR count). The number of pyridine rings is 1. The molecule has 0 aliphatic carbocycles. The summed E-state index contributed by atoms with van der Waals surface area (Å²) in [5.74, 6) is -4.48. The molecule has 5 aromatic rings. The van der Waals surface area contributed by atoms with Gasteiger partial charge in [0.15, 0.2) is 0 Å². The molecule has 1 heterocycles. The second kappa shape index (κ2) is 14.5. The molecular weight excluding hydrogens is 814 g/mol. The molecule has 261 valence electrons. The van der Waals surface area contributed by atoms with Crippen molar-refractivity contribution in [1.82, 2.24) is 4.98 Å². The number of alkyl halides is 5. The number of aliphatic hydroxyl groups excluding tert-OH is 1. The molecule has 49 heavy (non-hydrogen) atoms. The Balaban J connectivity index is 0.000000398. The molecule has 0 amide bonds. The standard InChI is InChI=1S/C29H19F5N.C11H20O2.Ir/c1-17-13-18(2)15-22(14-17)27-26-10-6-21-16-20(5-9-24(21)25(26)11-12-35-27)19-3-7-23(8-4-19)28(30,31)29(32,33)34;1-10(2,3)8(12)7-9(13)11(4,5)6;/h3-14,16H,1-2H3;7,12H,1-6H3;/q-1;;/p+1/b;8-7-;. The molecule has 1 aromatic heterocycles. The van der Waals surface area contributed by atoms with Gasteiger partial charge in [-0.15, -0.1) is 34.9 Å². The van der Waals surface area contributed by atoms with E-state index in [1.807, 2.05) is 97.9 Å². The van der Waals surface area contributed by atoms with Gasteiger partial charge < -0.3 is 10.1 Å². The molecule has 0 aliphatic rings. The summed E-state index contributed by atoms with van der Waals surface area (Å²) in [5, 5.41) is 13.5. The van der Waals surface area contributed by atoms with Gasteiger partial charge in [0.2, 0.25) is 0 Å². The monoisotopic (exact) mass is 854 g/mol. The fourth-order valence-electron chi connectivity index (χ4n) is 5.01. The number of rotatable bonds is 4. The molecule has 0 saturated carbocycles. The molecule has 0 atom stereocenters. The SMILES string of the molecule is CC(C)(C)C(=[OH+])/C=C(\O)C(C)(C)C.Cc1[c-]c(-c2nccc3c2ccc2cc(-c4ccc(C(F)(F)C(F)(F)F)cc4)ccc23)cc(C)c1.[Ir]. The molecule has 0 saturated heterocycles. The molecular formula is C40H40F5IrNO2. The summed E-state index contributed by atoms with van der Waals surface area (Å²) in [6.07, 6.45) is -2.43. The minimum absolute atomic E-state index is 0. The predicted octanol–water partition coefficient (Wildman–Crippen LogP) is 11.9. The number of carbonyl (C=O) groups excluding carboxylic acids is 1. The number of aryl methyl sites for hydroxylation is 2. The van der Waals surface area contributed by atoms with Crippen molar-refractivity contribution in [2.45, 2.75) is 67.5 Å². The van der Waals surface area contributed by atoms with Crippen LogP contribution in [0.1, 0.15) is 58.2 Å². The van der Waals surface area contributed by atoms with Gasteiger partial charge in [0.25, 0.3) is 0 Å². The van der Waals surface area contributed by atoms with Gasteiger partial charge in [-0.3, -0.25) is 4.79 Å². The van der Waals surface area contributed by atoms with Gasteiger partial charge in [-0.1, -0.05) is 83.1 Å². The van der Waals surface area contributed by atoms with Crippen LogP contribution in [0.3, 0.4) is 0 Å². The summed E-state index contributed by atoms with van der Waals surface area (Å²) in [6, 6.07) is 23.3. The number of hydrogen-bond acceptors (Lipinski definition) is 2. The molecule has 0 aliphatic heterocycles. The first-order valence-corrected chi connectivity index (χ1v) is 15.4. The Morgan fingerprint density at radius 1 is 0.735 bits per heavy atom. The smallest absolute Gasteiger partial charge is 0.458 e. The van der Waals surface area contributed by atoms with E-state index in [-0.39, 0.29) is 42.5 Å². The fraction of sp³-hybridized carbons (Fsp3) is 0.300. The topological polar surface area (TPSA) is 54.5 Å². The third-order valence-corrected chi connectivity index (χ3v) is 7.91. The van der Waals surface area contributed by atoms with E-state index >= 15 is 0 Å². The number of halogens is 5. The van der Waals surface area contributed by atoms with Gasteiger partial charge in [0, 0.05) is 37.3 Å². The third-order valence-electron chi connectivity index (χ3n) is 7.91. The van der Waals surface area contributed by atoms with Crippen molar-refractivity contribution >= 4 is 27.3 Å². The summed E-state index contributed by atoms with van der Waals surface area (Å²) in [7, 11) is 0. The van der Waals surface area contributed by atoms with Crippen LogP contribution in [0.15, 0.2) is 90.8 Å². The maximum absolute atomic E-state index is 13.6. The fourth-order valence-corrected chi connectivity index (χ4v) is 5.01. The van der Waals surface area contributed by atoms with E-state index < -0.39 is 17.7 Å². The number of ketones is 1. The molecule has 0 spiro atoms. The van der Waals surface area contributed by atoms with Crippen LogP contribution in [0, 0.1) is 30.7 Å². The Morgan fingerprint density at radius 2 is 1.33 bits per heavy atom. The van der Waals surface area contributed by atoms with E-state index in [0.29, 0.717) is 5.56 Å². The van der Waals surface area contributed by atoms with Crippen molar-refractivity contribution in [3.05, 3.63) is 114 Å². The van der Waals surface area contributed by atoms with Crippen LogP contribution in [-0.4, -0.2) is 26.8 Å². The number of nitrogens with zero attached hydrogens (tertiary/aromatic N) is 1. The van der Waals surface area contributed by atoms with Crippen LogP contribution < -0.4 is 0 Å². The van der Waals surface area contributed by atoms with Gasteiger partial charge >= 0.3 is 17.9 Å². The first-order valence-electron chi connectivity index (χ1n) is 15.4. The molecule has 0 bridgehead atoms. The van der Waals surface area contributed by atoms with E-state index in [1.165, 1.54) is 18.2 Å². The van der Waals surface area contributed by atoms with Crippen LogP contribution in [0.2, 0.25) is 0 Å². The Morgan fingerprint density at radius 3 is 1.88 bits per heavy atom. The van der Waals surface area contributed by atoms with Gasteiger partial charge in [-0.05, 0) is 71.3 Å². The Bertz CT molecular complexity index is 1980. The van der Waals surface area contributed by atoms with Gasteiger partial charge in [-0.25, -0.2) is 0 Å². The van der Waals surface area contributed by atoms with E-state index in [1.54, 1.807) is 6.20 Å². The van der Waals surface area contributed by atoms with Crippen LogP contribution in [0.4, 0.5) is 22.0 Å². The molecule has 1 radical (unpaired) electrons. The van der Waals surface area contributed by atoms with Crippen LogP contribution in [0.25, 0.3) is 43.9 Å². The number of benzene rings is 4. The van der Waals surface area contributed by atoms with E-state index in [0.717, 1.165) is 61.6 Å². The summed E-state index contributed by atoms with van der Waals surface area (Å²) in [4.78, 5) is 14.2. The molecule has 0 fully saturated rings. The van der Waals surface area contributed by atoms with Crippen LogP contribution in [-0.2, 0) is 26.0 Å². The van der Waals surface area contributed by atoms with Gasteiger partial charge in [-0.2, -0.15) is 22.0 Å². The second-order valence-corrected chi connectivity index (χ2v) is 14.1. The first kappa shape index (κ1) is 39.5. The Hall–Kier alpha value is -3.94. The van der Waals surface area contributed by atoms with Crippen molar-refractivity contribution in [3.63, 3.8) is 0 Å². The third kappa shape index (κ3) is 9.00. The second-order valence-electron chi connectivity index (χ2n) is 14.1. The molecule has 0 unspecified atom stereocenters. The Kier molecular flexibility index (Phi) is 11.7. The largest absolute Gasteiger partial charge is 0.511 e. The van der Waals surface area contributed by atoms with Crippen molar-refractivity contribution < 1.29 is 52.0 Å². The molecule has 2 N–H and O–H groups in total. The van der Waals surface area contributed by atoms with Gasteiger partial charge in [0.05, 0.1) is 11.5 Å². The summed E-state index contributed by atoms with van der Waals surface area (Å²) in [6.45, 7) is 15.4. The minimum Gasteiger partial charge on any atom is -0.511 e. The number of fused-ring (bicyclic) bond motifs is 3. The first-order chi connectivity index (χ1) is 22.1. The number of allylic oxidation sites excluding steroid dienone is 2. The van der Waals surface area contributed by atoms with E-state index in [4.69, 9.17) is 0 Å². The average molecular weight is 854 g/mol. The number of hydrogen-bond donors (Lipinski definition) is 1. The maximum atomic E-state index is 13.6. The van der Waals surface area contributed by atoms with Crippen molar-refractivity contribution in [3.8, 4) is 22.4 Å². The van der Waals surface area contributed by atoms with Crippen molar-refractivity contribution in [2.24, 2.45) is 10.8 Å². The minimum atomic E-state index is -5.64. The van der Waals surface area contributed by atoms with E-state index in [9.17, 15) is 31.9 Å². The summed E-state index contributed by atoms with van der Waals surface area (Å²) < 4.78 is 65.2. The molecule has 4 aromatic carbocycles. The average Bonchev–Trinajstić information content (AvgIpc) is 2.98. The summed E-state index contributed by atoms with van der Waals surface area (Å²) >= 11 is 0. The van der Waals surface area contributed by atoms with Crippen molar-refractivity contribution in [2.75, 3.05) is 0 Å². The quantitative estimate of drug-likeness (QED) is 0.0489. The summed E-state index contributed by atoms with van der Waals surface area (Å²) in [5.41, 5.74) is 3.48. The molecule has 9 heteroatoms. The molecule has 3 nitrogen and oxygen atoms in total. The zero-order valence-corrected chi connectivity index (χ0v) is 31.0. The van der Waals surface area contributed by atoms with E-state index in [2.05, 4.69) is 17.1 Å². The predicted molar refractivity (Wildman–Crippen MR) is 185 cm³/mol. The number of aliphatic hydroxyl groups is 1. The maximum Gasteiger partial charge on any atom is 0.458 e. The zero-order chi connectivity index (χ0) is 35.8. The normalized spacial score (nSPS) is 12.7. The van der Waals surface area contributed by atoms with Crippen LogP contribution in [0.5, 0.6) is 0 Å².